The molecule has 1 fully saturated rings. The third kappa shape index (κ3) is 4.39. The maximum Gasteiger partial charge on any atom is 0.393 e. The summed E-state index contributed by atoms with van der Waals surface area (Å²) in [6, 6.07) is 17.7. The van der Waals surface area contributed by atoms with Crippen LogP contribution in [0.1, 0.15) is 6.42 Å². The van der Waals surface area contributed by atoms with Crippen molar-refractivity contribution in [3.8, 4) is 28.5 Å². The van der Waals surface area contributed by atoms with Crippen molar-refractivity contribution >= 4 is 5.69 Å². The summed E-state index contributed by atoms with van der Waals surface area (Å²) in [6.07, 6.45) is -1.02. The molecule has 1 aliphatic rings. The molecule has 0 bridgehead atoms. The van der Waals surface area contributed by atoms with E-state index in [9.17, 15) is 18.0 Å². The average molecular weight is 481 g/mol. The molecule has 1 unspecified atom stereocenters. The number of benzene rings is 2. The van der Waals surface area contributed by atoms with Crippen molar-refractivity contribution in [2.24, 2.45) is 5.92 Å². The number of ether oxygens (including phenoxy) is 1. The number of aromatic nitrogens is 4. The van der Waals surface area contributed by atoms with Crippen LogP contribution in [0.3, 0.4) is 0 Å². The number of anilines is 1. The van der Waals surface area contributed by atoms with Crippen LogP contribution in [0.4, 0.5) is 18.9 Å². The zero-order valence-corrected chi connectivity index (χ0v) is 18.8. The lowest BCUT2D eigenvalue weighted by Gasteiger charge is -2.21. The Morgan fingerprint density at radius 3 is 2.54 bits per heavy atom. The van der Waals surface area contributed by atoms with E-state index in [0.29, 0.717) is 29.4 Å². The monoisotopic (exact) mass is 481 g/mol. The maximum absolute atomic E-state index is 13.1. The Hall–Kier alpha value is -4.08. The van der Waals surface area contributed by atoms with Gasteiger partial charge in [-0.1, -0.05) is 18.2 Å². The largest absolute Gasteiger partial charge is 0.494 e. The molecule has 180 valence electrons. The SMILES string of the molecule is COc1cc(N2CCC(C(F)(F)F)C2)ccc1-n1ccc(=O)c(-c2ccnn2-c2ccccc2)n1. The van der Waals surface area contributed by atoms with Crippen molar-refractivity contribution in [1.29, 1.82) is 0 Å². The van der Waals surface area contributed by atoms with E-state index in [-0.39, 0.29) is 24.1 Å². The fourth-order valence-corrected chi connectivity index (χ4v) is 4.29. The molecule has 1 atom stereocenters. The van der Waals surface area contributed by atoms with Gasteiger partial charge in [-0.15, -0.1) is 0 Å². The second-order valence-corrected chi connectivity index (χ2v) is 8.27. The highest BCUT2D eigenvalue weighted by Gasteiger charge is 2.43. The molecule has 0 N–H and O–H groups in total. The Morgan fingerprint density at radius 1 is 1.03 bits per heavy atom. The lowest BCUT2D eigenvalue weighted by molar-refractivity contribution is -0.168. The Kier molecular flexibility index (Phi) is 5.80. The number of para-hydroxylation sites is 1. The van der Waals surface area contributed by atoms with E-state index >= 15 is 0 Å². The molecule has 2 aromatic carbocycles. The molecule has 0 radical (unpaired) electrons. The Bertz CT molecular complexity index is 1400. The fourth-order valence-electron chi connectivity index (χ4n) is 4.29. The van der Waals surface area contributed by atoms with Crippen molar-refractivity contribution < 1.29 is 17.9 Å². The van der Waals surface area contributed by atoms with Gasteiger partial charge in [0, 0.05) is 37.1 Å². The molecular formula is C25H22F3N5O2. The molecule has 5 rings (SSSR count). The molecule has 2 aromatic heterocycles. The highest BCUT2D eigenvalue weighted by molar-refractivity contribution is 5.61. The third-order valence-electron chi connectivity index (χ3n) is 6.12. The van der Waals surface area contributed by atoms with Crippen LogP contribution in [0.2, 0.25) is 0 Å². The highest BCUT2D eigenvalue weighted by atomic mass is 19.4. The molecule has 4 aromatic rings. The quantitative estimate of drug-likeness (QED) is 0.421. The van der Waals surface area contributed by atoms with Gasteiger partial charge in [0.2, 0.25) is 5.43 Å². The van der Waals surface area contributed by atoms with Crippen molar-refractivity contribution in [1.82, 2.24) is 19.6 Å². The minimum atomic E-state index is -4.21. The molecule has 0 aliphatic carbocycles. The summed E-state index contributed by atoms with van der Waals surface area (Å²) >= 11 is 0. The molecule has 1 saturated heterocycles. The van der Waals surface area contributed by atoms with E-state index in [1.165, 1.54) is 24.1 Å². The predicted octanol–water partition coefficient (Wildman–Crippen LogP) is 4.48. The molecule has 35 heavy (non-hydrogen) atoms. The van der Waals surface area contributed by atoms with Crippen molar-refractivity contribution in [3.05, 3.63) is 83.3 Å². The summed E-state index contributed by atoms with van der Waals surface area (Å²) in [5.41, 5.74) is 2.43. The maximum atomic E-state index is 13.1. The van der Waals surface area contributed by atoms with Gasteiger partial charge in [0.1, 0.15) is 11.4 Å². The van der Waals surface area contributed by atoms with Crippen LogP contribution in [-0.4, -0.2) is 45.9 Å². The van der Waals surface area contributed by atoms with Gasteiger partial charge in [-0.05, 0) is 36.8 Å². The first kappa shape index (κ1) is 22.7. The Balaban J connectivity index is 1.50. The van der Waals surface area contributed by atoms with E-state index in [1.54, 1.807) is 40.0 Å². The minimum Gasteiger partial charge on any atom is -0.494 e. The standard InChI is InChI=1S/C25H22F3N5O2/c1-35-23-15-19(31-13-10-17(16-31)25(26,27)28)7-8-20(23)32-14-11-22(34)24(30-32)21-9-12-29-33(21)18-5-3-2-4-6-18/h2-9,11-12,14-15,17H,10,13,16H2,1H3. The lowest BCUT2D eigenvalue weighted by Crippen LogP contribution is -2.27. The highest BCUT2D eigenvalue weighted by Crippen LogP contribution is 2.37. The smallest absolute Gasteiger partial charge is 0.393 e. The summed E-state index contributed by atoms with van der Waals surface area (Å²) in [7, 11) is 1.49. The van der Waals surface area contributed by atoms with Crippen LogP contribution in [-0.2, 0) is 0 Å². The van der Waals surface area contributed by atoms with E-state index in [0.717, 1.165) is 5.69 Å². The summed E-state index contributed by atoms with van der Waals surface area (Å²) < 4.78 is 48.0. The van der Waals surface area contributed by atoms with Gasteiger partial charge in [-0.3, -0.25) is 4.79 Å². The van der Waals surface area contributed by atoms with Crippen LogP contribution in [0, 0.1) is 5.92 Å². The summed E-state index contributed by atoms with van der Waals surface area (Å²) in [4.78, 5) is 14.4. The minimum absolute atomic E-state index is 0.0628. The zero-order chi connectivity index (χ0) is 24.6. The second-order valence-electron chi connectivity index (χ2n) is 8.27. The van der Waals surface area contributed by atoms with E-state index in [1.807, 2.05) is 30.3 Å². The summed E-state index contributed by atoms with van der Waals surface area (Å²) in [5.74, 6) is -0.914. The first-order chi connectivity index (χ1) is 16.8. The van der Waals surface area contributed by atoms with Gasteiger partial charge in [0.25, 0.3) is 0 Å². The van der Waals surface area contributed by atoms with Crippen molar-refractivity contribution in [2.75, 3.05) is 25.1 Å². The van der Waals surface area contributed by atoms with Crippen LogP contribution >= 0.6 is 0 Å². The van der Waals surface area contributed by atoms with Gasteiger partial charge in [0.05, 0.1) is 30.6 Å². The van der Waals surface area contributed by atoms with Gasteiger partial charge >= 0.3 is 6.18 Å². The Morgan fingerprint density at radius 2 is 1.83 bits per heavy atom. The topological polar surface area (TPSA) is 65.2 Å². The number of hydrogen-bond acceptors (Lipinski definition) is 5. The molecule has 0 saturated carbocycles. The first-order valence-corrected chi connectivity index (χ1v) is 11.0. The number of alkyl halides is 3. The van der Waals surface area contributed by atoms with Gasteiger partial charge in [0.15, 0.2) is 5.69 Å². The fraction of sp³-hybridized carbons (Fsp3) is 0.240. The molecule has 3 heterocycles. The van der Waals surface area contributed by atoms with Gasteiger partial charge in [-0.25, -0.2) is 9.36 Å². The predicted molar refractivity (Wildman–Crippen MR) is 125 cm³/mol. The van der Waals surface area contributed by atoms with Gasteiger partial charge in [-0.2, -0.15) is 23.4 Å². The number of nitrogens with zero attached hydrogens (tertiary/aromatic N) is 5. The van der Waals surface area contributed by atoms with Gasteiger partial charge < -0.3 is 9.64 Å². The molecule has 7 nitrogen and oxygen atoms in total. The summed E-state index contributed by atoms with van der Waals surface area (Å²) in [5, 5.41) is 8.89. The Labute approximate surface area is 199 Å². The number of hydrogen-bond donors (Lipinski definition) is 0. The molecule has 0 amide bonds. The van der Waals surface area contributed by atoms with Crippen LogP contribution in [0.25, 0.3) is 22.8 Å². The molecule has 0 spiro atoms. The first-order valence-electron chi connectivity index (χ1n) is 11.0. The van der Waals surface area contributed by atoms with E-state index in [4.69, 9.17) is 4.74 Å². The number of halogens is 3. The van der Waals surface area contributed by atoms with E-state index in [2.05, 4.69) is 10.2 Å². The lowest BCUT2D eigenvalue weighted by atomic mass is 10.1. The van der Waals surface area contributed by atoms with Crippen LogP contribution < -0.4 is 15.1 Å². The average Bonchev–Trinajstić information content (AvgIpc) is 3.55. The zero-order valence-electron chi connectivity index (χ0n) is 18.8. The molecule has 1 aliphatic heterocycles. The summed E-state index contributed by atoms with van der Waals surface area (Å²) in [6.45, 7) is 0.229. The number of rotatable bonds is 5. The van der Waals surface area contributed by atoms with Crippen molar-refractivity contribution in [3.63, 3.8) is 0 Å². The number of methoxy groups -OCH3 is 1. The third-order valence-corrected chi connectivity index (χ3v) is 6.12. The molecular weight excluding hydrogens is 459 g/mol. The van der Waals surface area contributed by atoms with Crippen LogP contribution in [0.15, 0.2) is 77.9 Å². The second kappa shape index (κ2) is 8.94. The normalized spacial score (nSPS) is 16.0. The van der Waals surface area contributed by atoms with Crippen molar-refractivity contribution in [2.45, 2.75) is 12.6 Å². The van der Waals surface area contributed by atoms with Crippen LogP contribution in [0.5, 0.6) is 5.75 Å². The molecule has 10 heteroatoms. The van der Waals surface area contributed by atoms with E-state index < -0.39 is 12.1 Å².